The zero-order valence-electron chi connectivity index (χ0n) is 15.6. The molecule has 0 aliphatic heterocycles. The molecule has 1 amide bonds. The van der Waals surface area contributed by atoms with Crippen LogP contribution in [0.25, 0.3) is 0 Å². The molecular weight excluding hydrogens is 356 g/mol. The Morgan fingerprint density at radius 3 is 2.29 bits per heavy atom. The summed E-state index contributed by atoms with van der Waals surface area (Å²) in [4.78, 5) is 29.5. The maximum atomic E-state index is 13.2. The molecular formula is C22H20N2O4. The zero-order valence-corrected chi connectivity index (χ0v) is 15.6. The van der Waals surface area contributed by atoms with Crippen LogP contribution in [0.15, 0.2) is 72.9 Å². The van der Waals surface area contributed by atoms with Crippen molar-refractivity contribution < 1.29 is 19.1 Å². The van der Waals surface area contributed by atoms with Crippen molar-refractivity contribution in [2.45, 2.75) is 5.92 Å². The molecule has 0 radical (unpaired) electrons. The van der Waals surface area contributed by atoms with E-state index in [9.17, 15) is 9.59 Å². The molecule has 1 N–H and O–H groups in total. The highest BCUT2D eigenvalue weighted by molar-refractivity contribution is 6.04. The summed E-state index contributed by atoms with van der Waals surface area (Å²) in [6.07, 6.45) is 1.64. The van der Waals surface area contributed by atoms with Crippen molar-refractivity contribution in [3.8, 4) is 5.75 Å². The molecule has 0 aliphatic rings. The maximum absolute atomic E-state index is 13.2. The van der Waals surface area contributed by atoms with Gasteiger partial charge >= 0.3 is 5.97 Å². The first-order valence-corrected chi connectivity index (χ1v) is 8.67. The number of nitrogens with one attached hydrogen (secondary N) is 1. The van der Waals surface area contributed by atoms with Gasteiger partial charge in [0, 0.05) is 6.20 Å². The second kappa shape index (κ2) is 8.81. The van der Waals surface area contributed by atoms with Gasteiger partial charge in [0.1, 0.15) is 11.7 Å². The molecule has 0 fully saturated rings. The van der Waals surface area contributed by atoms with Gasteiger partial charge in [-0.3, -0.25) is 9.78 Å². The average molecular weight is 376 g/mol. The van der Waals surface area contributed by atoms with Crippen molar-refractivity contribution in [3.05, 3.63) is 89.7 Å². The van der Waals surface area contributed by atoms with Gasteiger partial charge < -0.3 is 14.8 Å². The fourth-order valence-electron chi connectivity index (χ4n) is 2.88. The second-order valence-corrected chi connectivity index (χ2v) is 5.99. The van der Waals surface area contributed by atoms with E-state index < -0.39 is 11.9 Å². The maximum Gasteiger partial charge on any atom is 0.339 e. The largest absolute Gasteiger partial charge is 0.497 e. The van der Waals surface area contributed by atoms with E-state index in [0.717, 1.165) is 5.56 Å². The van der Waals surface area contributed by atoms with Crippen molar-refractivity contribution >= 4 is 17.6 Å². The fourth-order valence-corrected chi connectivity index (χ4v) is 2.88. The van der Waals surface area contributed by atoms with Gasteiger partial charge in [-0.05, 0) is 42.0 Å². The molecule has 142 valence electrons. The van der Waals surface area contributed by atoms with E-state index in [4.69, 9.17) is 9.47 Å². The van der Waals surface area contributed by atoms with Gasteiger partial charge in [0.15, 0.2) is 0 Å². The van der Waals surface area contributed by atoms with Crippen LogP contribution in [0.2, 0.25) is 0 Å². The third-order valence-corrected chi connectivity index (χ3v) is 4.29. The van der Waals surface area contributed by atoms with E-state index in [1.165, 1.54) is 7.11 Å². The summed E-state index contributed by atoms with van der Waals surface area (Å²) in [5.41, 5.74) is 2.02. The van der Waals surface area contributed by atoms with E-state index in [1.807, 2.05) is 18.2 Å². The van der Waals surface area contributed by atoms with Gasteiger partial charge in [-0.25, -0.2) is 4.79 Å². The predicted molar refractivity (Wildman–Crippen MR) is 105 cm³/mol. The monoisotopic (exact) mass is 376 g/mol. The Labute approximate surface area is 163 Å². The van der Waals surface area contributed by atoms with Crippen LogP contribution in [-0.2, 0) is 9.53 Å². The van der Waals surface area contributed by atoms with Gasteiger partial charge in [-0.15, -0.1) is 0 Å². The number of anilines is 1. The summed E-state index contributed by atoms with van der Waals surface area (Å²) in [6.45, 7) is 0. The van der Waals surface area contributed by atoms with Crippen LogP contribution >= 0.6 is 0 Å². The number of carbonyl (C=O) groups is 2. The molecule has 6 heteroatoms. The SMILES string of the molecule is COC(=O)c1ccccc1NC(=O)C(c1ccc(OC)cc1)c1ccccn1. The summed E-state index contributed by atoms with van der Waals surface area (Å²) in [7, 11) is 2.89. The smallest absolute Gasteiger partial charge is 0.339 e. The number of rotatable bonds is 6. The van der Waals surface area contributed by atoms with E-state index in [2.05, 4.69) is 10.3 Å². The molecule has 28 heavy (non-hydrogen) atoms. The van der Waals surface area contributed by atoms with Crippen molar-refractivity contribution in [1.82, 2.24) is 4.98 Å². The van der Waals surface area contributed by atoms with E-state index >= 15 is 0 Å². The molecule has 1 aromatic heterocycles. The van der Waals surface area contributed by atoms with E-state index in [-0.39, 0.29) is 11.5 Å². The molecule has 1 unspecified atom stereocenters. The number of carbonyl (C=O) groups excluding carboxylic acids is 2. The highest BCUT2D eigenvalue weighted by Gasteiger charge is 2.25. The summed E-state index contributed by atoms with van der Waals surface area (Å²) >= 11 is 0. The highest BCUT2D eigenvalue weighted by atomic mass is 16.5. The Bertz CT molecular complexity index is 956. The minimum absolute atomic E-state index is 0.285. The molecule has 3 aromatic rings. The summed E-state index contributed by atoms with van der Waals surface area (Å²) in [6, 6.07) is 19.4. The Morgan fingerprint density at radius 2 is 1.64 bits per heavy atom. The van der Waals surface area contributed by atoms with Crippen LogP contribution in [0.5, 0.6) is 5.75 Å². The molecule has 0 bridgehead atoms. The van der Waals surface area contributed by atoms with Crippen molar-refractivity contribution in [2.75, 3.05) is 19.5 Å². The minimum atomic E-state index is -0.655. The number of aromatic nitrogens is 1. The minimum Gasteiger partial charge on any atom is -0.497 e. The topological polar surface area (TPSA) is 77.5 Å². The molecule has 0 aliphatic carbocycles. The fraction of sp³-hybridized carbons (Fsp3) is 0.136. The van der Waals surface area contributed by atoms with Crippen molar-refractivity contribution in [3.63, 3.8) is 0 Å². The number of pyridine rings is 1. The third kappa shape index (κ3) is 4.17. The molecule has 6 nitrogen and oxygen atoms in total. The van der Waals surface area contributed by atoms with Crippen LogP contribution in [0, 0.1) is 0 Å². The Balaban J connectivity index is 1.97. The lowest BCUT2D eigenvalue weighted by atomic mass is 9.93. The summed E-state index contributed by atoms with van der Waals surface area (Å²) < 4.78 is 9.99. The first kappa shape index (κ1) is 19.1. The molecule has 1 atom stereocenters. The number of benzene rings is 2. The van der Waals surface area contributed by atoms with Crippen LogP contribution in [0.3, 0.4) is 0 Å². The normalized spacial score (nSPS) is 11.4. The molecule has 0 saturated heterocycles. The Hall–Kier alpha value is -3.67. The van der Waals surface area contributed by atoms with Crippen LogP contribution in [0.4, 0.5) is 5.69 Å². The number of hydrogen-bond acceptors (Lipinski definition) is 5. The highest BCUT2D eigenvalue weighted by Crippen LogP contribution is 2.27. The summed E-state index contributed by atoms with van der Waals surface area (Å²) in [5.74, 6) is -0.785. The number of amides is 1. The van der Waals surface area contributed by atoms with Gasteiger partial charge in [0.25, 0.3) is 0 Å². The number of ether oxygens (including phenoxy) is 2. The number of methoxy groups -OCH3 is 2. The van der Waals surface area contributed by atoms with Crippen molar-refractivity contribution in [1.29, 1.82) is 0 Å². The van der Waals surface area contributed by atoms with E-state index in [1.54, 1.807) is 61.8 Å². The first-order chi connectivity index (χ1) is 13.6. The lowest BCUT2D eigenvalue weighted by Gasteiger charge is -2.18. The van der Waals surface area contributed by atoms with E-state index in [0.29, 0.717) is 17.1 Å². The zero-order chi connectivity index (χ0) is 19.9. The Kier molecular flexibility index (Phi) is 6.01. The van der Waals surface area contributed by atoms with Gasteiger partial charge in [-0.2, -0.15) is 0 Å². The second-order valence-electron chi connectivity index (χ2n) is 5.99. The van der Waals surface area contributed by atoms with Crippen molar-refractivity contribution in [2.24, 2.45) is 0 Å². The number of esters is 1. The number of nitrogens with zero attached hydrogens (tertiary/aromatic N) is 1. The first-order valence-electron chi connectivity index (χ1n) is 8.67. The lowest BCUT2D eigenvalue weighted by molar-refractivity contribution is -0.116. The molecule has 0 spiro atoms. The van der Waals surface area contributed by atoms with Crippen LogP contribution in [0.1, 0.15) is 27.5 Å². The Morgan fingerprint density at radius 1 is 0.929 bits per heavy atom. The standard InChI is InChI=1S/C22H20N2O4/c1-27-16-12-10-15(11-13-16)20(19-9-5-6-14-23-19)21(25)24-18-8-4-3-7-17(18)22(26)28-2/h3-14,20H,1-2H3,(H,24,25). The molecule has 3 rings (SSSR count). The molecule has 0 saturated carbocycles. The van der Waals surface area contributed by atoms with Gasteiger partial charge in [0.05, 0.1) is 31.2 Å². The summed E-state index contributed by atoms with van der Waals surface area (Å²) in [5, 5.41) is 2.84. The average Bonchev–Trinajstić information content (AvgIpc) is 2.75. The van der Waals surface area contributed by atoms with Crippen LogP contribution in [-0.4, -0.2) is 31.1 Å². The van der Waals surface area contributed by atoms with Crippen LogP contribution < -0.4 is 10.1 Å². The quantitative estimate of drug-likeness (QED) is 0.665. The number of hydrogen-bond donors (Lipinski definition) is 1. The predicted octanol–water partition coefficient (Wildman–Crippen LogP) is 3.65. The van der Waals surface area contributed by atoms with Gasteiger partial charge in [0.2, 0.25) is 5.91 Å². The lowest BCUT2D eigenvalue weighted by Crippen LogP contribution is -2.24. The molecule has 1 heterocycles. The third-order valence-electron chi connectivity index (χ3n) is 4.29. The van der Waals surface area contributed by atoms with Gasteiger partial charge in [-0.1, -0.05) is 30.3 Å². The number of para-hydroxylation sites is 1. The molecule has 2 aromatic carbocycles.